The molecule has 5 aromatic rings. The molecule has 28 heavy (non-hydrogen) atoms. The van der Waals surface area contributed by atoms with E-state index in [4.69, 9.17) is 0 Å². The van der Waals surface area contributed by atoms with E-state index < -0.39 is 0 Å². The van der Waals surface area contributed by atoms with Crippen LogP contribution in [-0.4, -0.2) is 4.57 Å². The van der Waals surface area contributed by atoms with E-state index in [1.54, 1.807) is 0 Å². The average molecular weight is 357 g/mol. The monoisotopic (exact) mass is 357 g/mol. The Hall–Kier alpha value is -3.58. The van der Waals surface area contributed by atoms with Crippen LogP contribution in [0, 0.1) is 6.92 Å². The minimum Gasteiger partial charge on any atom is -0.313 e. The molecular weight excluding hydrogens is 338 g/mol. The van der Waals surface area contributed by atoms with Crippen molar-refractivity contribution in [3.8, 4) is 39.1 Å². The zero-order valence-corrected chi connectivity index (χ0v) is 15.7. The molecule has 4 aromatic carbocycles. The molecule has 0 amide bonds. The van der Waals surface area contributed by atoms with Crippen molar-refractivity contribution in [3.63, 3.8) is 0 Å². The van der Waals surface area contributed by atoms with Crippen molar-refractivity contribution in [2.75, 3.05) is 0 Å². The summed E-state index contributed by atoms with van der Waals surface area (Å²) in [5.41, 5.74) is 11.7. The van der Waals surface area contributed by atoms with Crippen molar-refractivity contribution in [1.82, 2.24) is 4.57 Å². The molecule has 0 unspecified atom stereocenters. The standard InChI is InChI=1S/C27H19N/c1-18-26-23-15-8-7-13-21(23)20-12-5-6-14-22(20)24-16-9-17-25(27(24)26)28(18)19-10-3-2-4-11-19/h2-17H,1H3. The minimum absolute atomic E-state index is 1.21. The lowest BCUT2D eigenvalue weighted by Crippen LogP contribution is -1.97. The van der Waals surface area contributed by atoms with Gasteiger partial charge in [0.15, 0.2) is 0 Å². The zero-order valence-electron chi connectivity index (χ0n) is 15.7. The van der Waals surface area contributed by atoms with E-state index >= 15 is 0 Å². The van der Waals surface area contributed by atoms with Crippen LogP contribution in [0.1, 0.15) is 5.69 Å². The molecule has 0 radical (unpaired) electrons. The Morgan fingerprint density at radius 2 is 1.04 bits per heavy atom. The lowest BCUT2D eigenvalue weighted by molar-refractivity contribution is 1.06. The lowest BCUT2D eigenvalue weighted by Gasteiger charge is -2.13. The quantitative estimate of drug-likeness (QED) is 0.292. The number of para-hydroxylation sites is 1. The van der Waals surface area contributed by atoms with Gasteiger partial charge in [0.05, 0.1) is 5.52 Å². The Bertz CT molecular complexity index is 1360. The summed E-state index contributed by atoms with van der Waals surface area (Å²) in [4.78, 5) is 0. The second kappa shape index (κ2) is 5.71. The first-order chi connectivity index (χ1) is 13.8. The van der Waals surface area contributed by atoms with Crippen LogP contribution in [0.2, 0.25) is 0 Å². The molecule has 0 spiro atoms. The summed E-state index contributed by atoms with van der Waals surface area (Å²) < 4.78 is 2.40. The molecule has 1 heterocycles. The van der Waals surface area contributed by atoms with Gasteiger partial charge in [-0.1, -0.05) is 78.9 Å². The van der Waals surface area contributed by atoms with Gasteiger partial charge in [0, 0.05) is 22.3 Å². The van der Waals surface area contributed by atoms with E-state index in [1.807, 2.05) is 0 Å². The molecule has 0 aliphatic heterocycles. The number of aromatic nitrogens is 1. The maximum atomic E-state index is 2.40. The molecule has 6 rings (SSSR count). The Labute approximate surface area is 164 Å². The SMILES string of the molecule is Cc1c2c3c(cccc3n1-c1ccccc1)-c1ccccc1-c1ccccc1-2. The fraction of sp³-hybridized carbons (Fsp3) is 0.0370. The van der Waals surface area contributed by atoms with Gasteiger partial charge in [-0.25, -0.2) is 0 Å². The summed E-state index contributed by atoms with van der Waals surface area (Å²) in [5.74, 6) is 0. The third-order valence-electron chi connectivity index (χ3n) is 5.95. The Morgan fingerprint density at radius 3 is 1.75 bits per heavy atom. The molecule has 1 heteroatoms. The van der Waals surface area contributed by atoms with Gasteiger partial charge in [0.2, 0.25) is 0 Å². The second-order valence-electron chi connectivity index (χ2n) is 7.42. The summed E-state index contributed by atoms with van der Waals surface area (Å²) in [6.07, 6.45) is 0. The molecule has 1 aliphatic rings. The average Bonchev–Trinajstić information content (AvgIpc) is 2.98. The van der Waals surface area contributed by atoms with Crippen molar-refractivity contribution >= 4 is 10.9 Å². The topological polar surface area (TPSA) is 4.93 Å². The number of nitrogens with zero attached hydrogens (tertiary/aromatic N) is 1. The van der Waals surface area contributed by atoms with E-state index in [1.165, 1.54) is 55.7 Å². The maximum Gasteiger partial charge on any atom is 0.0544 e. The van der Waals surface area contributed by atoms with E-state index in [9.17, 15) is 0 Å². The second-order valence-corrected chi connectivity index (χ2v) is 7.42. The van der Waals surface area contributed by atoms with Gasteiger partial charge in [-0.2, -0.15) is 0 Å². The largest absolute Gasteiger partial charge is 0.313 e. The molecule has 0 N–H and O–H groups in total. The predicted molar refractivity (Wildman–Crippen MR) is 118 cm³/mol. The van der Waals surface area contributed by atoms with Gasteiger partial charge in [-0.3, -0.25) is 0 Å². The van der Waals surface area contributed by atoms with E-state index in [0.717, 1.165) is 0 Å². The molecule has 1 nitrogen and oxygen atoms in total. The van der Waals surface area contributed by atoms with E-state index in [0.29, 0.717) is 0 Å². The summed E-state index contributed by atoms with van der Waals surface area (Å²) >= 11 is 0. The minimum atomic E-state index is 1.21. The van der Waals surface area contributed by atoms with Crippen molar-refractivity contribution in [2.24, 2.45) is 0 Å². The van der Waals surface area contributed by atoms with Gasteiger partial charge in [0.25, 0.3) is 0 Å². The van der Waals surface area contributed by atoms with E-state index in [-0.39, 0.29) is 0 Å². The summed E-state index contributed by atoms with van der Waals surface area (Å²) in [6.45, 7) is 2.25. The van der Waals surface area contributed by atoms with E-state index in [2.05, 4.69) is 109 Å². The summed E-state index contributed by atoms with van der Waals surface area (Å²) in [6, 6.07) is 35.0. The molecule has 132 valence electrons. The number of fused-ring (bicyclic) bond motifs is 5. The molecule has 0 atom stereocenters. The summed E-state index contributed by atoms with van der Waals surface area (Å²) in [7, 11) is 0. The Morgan fingerprint density at radius 1 is 0.500 bits per heavy atom. The van der Waals surface area contributed by atoms with Crippen LogP contribution in [-0.2, 0) is 0 Å². The van der Waals surface area contributed by atoms with Crippen LogP contribution in [0.4, 0.5) is 0 Å². The smallest absolute Gasteiger partial charge is 0.0544 e. The maximum absolute atomic E-state index is 2.40. The zero-order chi connectivity index (χ0) is 18.7. The van der Waals surface area contributed by atoms with Gasteiger partial charge in [-0.15, -0.1) is 0 Å². The van der Waals surface area contributed by atoms with Crippen LogP contribution in [0.3, 0.4) is 0 Å². The highest BCUT2D eigenvalue weighted by Crippen LogP contribution is 2.49. The third-order valence-corrected chi connectivity index (χ3v) is 5.95. The van der Waals surface area contributed by atoms with Crippen molar-refractivity contribution in [1.29, 1.82) is 0 Å². The fourth-order valence-electron chi connectivity index (χ4n) is 4.82. The molecule has 1 aromatic heterocycles. The predicted octanol–water partition coefficient (Wildman–Crippen LogP) is 7.25. The van der Waals surface area contributed by atoms with Gasteiger partial charge in [-0.05, 0) is 52.9 Å². The van der Waals surface area contributed by atoms with Crippen molar-refractivity contribution in [3.05, 3.63) is 103 Å². The lowest BCUT2D eigenvalue weighted by atomic mass is 9.94. The Balaban J connectivity index is 1.87. The van der Waals surface area contributed by atoms with Crippen LogP contribution in [0.15, 0.2) is 97.1 Å². The molecule has 0 saturated heterocycles. The van der Waals surface area contributed by atoms with Crippen molar-refractivity contribution in [2.45, 2.75) is 6.92 Å². The highest BCUT2D eigenvalue weighted by molar-refractivity contribution is 6.14. The number of hydrogen-bond acceptors (Lipinski definition) is 0. The van der Waals surface area contributed by atoms with Gasteiger partial charge in [0.1, 0.15) is 0 Å². The van der Waals surface area contributed by atoms with Crippen LogP contribution < -0.4 is 0 Å². The molecule has 1 aliphatic carbocycles. The first kappa shape index (κ1) is 15.5. The first-order valence-electron chi connectivity index (χ1n) is 9.73. The number of rotatable bonds is 1. The van der Waals surface area contributed by atoms with Crippen LogP contribution in [0.5, 0.6) is 0 Å². The summed E-state index contributed by atoms with van der Waals surface area (Å²) in [5, 5.41) is 1.35. The molecule has 0 saturated carbocycles. The van der Waals surface area contributed by atoms with Crippen LogP contribution in [0.25, 0.3) is 50.0 Å². The van der Waals surface area contributed by atoms with Gasteiger partial charge >= 0.3 is 0 Å². The normalized spacial score (nSPS) is 11.8. The number of benzene rings is 4. The van der Waals surface area contributed by atoms with Crippen molar-refractivity contribution < 1.29 is 0 Å². The Kier molecular flexibility index (Phi) is 3.15. The molecular formula is C27H19N. The molecule has 0 bridgehead atoms. The van der Waals surface area contributed by atoms with Gasteiger partial charge < -0.3 is 4.57 Å². The number of hydrogen-bond donors (Lipinski definition) is 0. The highest BCUT2D eigenvalue weighted by atomic mass is 15.0. The molecule has 0 fully saturated rings. The third kappa shape index (κ3) is 1.96. The van der Waals surface area contributed by atoms with Crippen LogP contribution >= 0.6 is 0 Å². The highest BCUT2D eigenvalue weighted by Gasteiger charge is 2.25. The fourth-order valence-corrected chi connectivity index (χ4v) is 4.82. The first-order valence-corrected chi connectivity index (χ1v) is 9.73.